The average Bonchev–Trinajstić information content (AvgIpc) is 2.77. The van der Waals surface area contributed by atoms with E-state index in [0.717, 1.165) is 5.69 Å². The fourth-order valence-electron chi connectivity index (χ4n) is 4.99. The Morgan fingerprint density at radius 1 is 0.759 bits per heavy atom. The zero-order valence-corrected chi connectivity index (χ0v) is 16.5. The molecule has 0 fully saturated rings. The Kier molecular flexibility index (Phi) is 3.25. The molecule has 2 aromatic heterocycles. The number of hydrogen-bond donors (Lipinski definition) is 0. The zero-order valence-electron chi connectivity index (χ0n) is 16.5. The summed E-state index contributed by atoms with van der Waals surface area (Å²) in [5.41, 5.74) is 7.36. The minimum absolute atomic E-state index is 0.144. The summed E-state index contributed by atoms with van der Waals surface area (Å²) < 4.78 is 0. The molecule has 2 heterocycles. The van der Waals surface area contributed by atoms with Crippen LogP contribution in [0.4, 0.5) is 0 Å². The van der Waals surface area contributed by atoms with Crippen LogP contribution in [-0.4, -0.2) is 9.97 Å². The van der Waals surface area contributed by atoms with Gasteiger partial charge in [-0.25, -0.2) is 0 Å². The molecule has 1 aliphatic rings. The van der Waals surface area contributed by atoms with Gasteiger partial charge in [-0.2, -0.15) is 0 Å². The van der Waals surface area contributed by atoms with Crippen molar-refractivity contribution < 1.29 is 0 Å². The molecule has 2 nitrogen and oxygen atoms in total. The quantitative estimate of drug-likeness (QED) is 0.325. The summed E-state index contributed by atoms with van der Waals surface area (Å²) in [6.07, 6.45) is 5.79. The molecule has 5 aromatic rings. The van der Waals surface area contributed by atoms with Gasteiger partial charge in [-0.1, -0.05) is 56.3 Å². The zero-order chi connectivity index (χ0) is 19.6. The lowest BCUT2D eigenvalue weighted by Crippen LogP contribution is -2.24. The molecule has 0 saturated heterocycles. The van der Waals surface area contributed by atoms with Crippen molar-refractivity contribution >= 4 is 21.5 Å². The molecule has 29 heavy (non-hydrogen) atoms. The van der Waals surface area contributed by atoms with Crippen LogP contribution in [0.3, 0.4) is 0 Å². The van der Waals surface area contributed by atoms with Crippen LogP contribution < -0.4 is 0 Å². The third kappa shape index (κ3) is 2.23. The van der Waals surface area contributed by atoms with Gasteiger partial charge in [0.2, 0.25) is 0 Å². The Hall–Kier alpha value is -3.52. The van der Waals surface area contributed by atoms with Gasteiger partial charge >= 0.3 is 0 Å². The molecule has 0 aliphatic heterocycles. The topological polar surface area (TPSA) is 25.8 Å². The first kappa shape index (κ1) is 16.4. The highest BCUT2D eigenvalue weighted by atomic mass is 14.7. The van der Waals surface area contributed by atoms with Crippen molar-refractivity contribution in [1.29, 1.82) is 0 Å². The van der Waals surface area contributed by atoms with Crippen LogP contribution in [0.1, 0.15) is 25.0 Å². The molecule has 0 unspecified atom stereocenters. The van der Waals surface area contributed by atoms with Crippen LogP contribution in [-0.2, 0) is 5.41 Å². The molecule has 0 saturated carbocycles. The molecule has 0 amide bonds. The van der Waals surface area contributed by atoms with Gasteiger partial charge in [0.25, 0.3) is 0 Å². The van der Waals surface area contributed by atoms with Crippen molar-refractivity contribution in [3.63, 3.8) is 0 Å². The Labute approximate surface area is 169 Å². The number of pyridine rings is 2. The predicted molar refractivity (Wildman–Crippen MR) is 120 cm³/mol. The van der Waals surface area contributed by atoms with Gasteiger partial charge in [0, 0.05) is 40.3 Å². The summed E-state index contributed by atoms with van der Waals surface area (Å²) in [5.74, 6) is 0. The molecule has 3 aromatic carbocycles. The summed E-state index contributed by atoms with van der Waals surface area (Å²) >= 11 is 0. The Balaban J connectivity index is 1.77. The first-order valence-corrected chi connectivity index (χ1v) is 10.0. The van der Waals surface area contributed by atoms with Gasteiger partial charge in [-0.15, -0.1) is 0 Å². The van der Waals surface area contributed by atoms with Crippen molar-refractivity contribution in [2.24, 2.45) is 0 Å². The molecule has 0 bridgehead atoms. The largest absolute Gasteiger partial charge is 0.264 e. The van der Waals surface area contributed by atoms with E-state index in [-0.39, 0.29) is 5.41 Å². The van der Waals surface area contributed by atoms with Crippen LogP contribution in [0.2, 0.25) is 0 Å². The molecular weight excluding hydrogens is 352 g/mol. The standard InChI is InChI=1S/C27H20N2/c1-27(2)23-15-20(17-6-4-3-5-7-17)14-18-10-13-29-26(24(18)23)22-9-8-19-16-28-12-11-21(19)25(22)27/h3-16H,1-2H3. The fraction of sp³-hybridized carbons (Fsp3) is 0.111. The first-order chi connectivity index (χ1) is 14.1. The Bertz CT molecular complexity index is 1420. The minimum atomic E-state index is -0.144. The van der Waals surface area contributed by atoms with Crippen LogP contribution in [0.25, 0.3) is 43.9 Å². The van der Waals surface area contributed by atoms with Gasteiger partial charge in [-0.3, -0.25) is 9.97 Å². The lowest BCUT2D eigenvalue weighted by molar-refractivity contribution is 0.650. The number of nitrogens with zero attached hydrogens (tertiary/aromatic N) is 2. The summed E-state index contributed by atoms with van der Waals surface area (Å²) in [6.45, 7) is 4.68. The second-order valence-corrected chi connectivity index (χ2v) is 8.36. The fourth-order valence-corrected chi connectivity index (χ4v) is 4.99. The normalized spacial score (nSPS) is 14.1. The van der Waals surface area contributed by atoms with Crippen LogP contribution >= 0.6 is 0 Å². The van der Waals surface area contributed by atoms with Crippen molar-refractivity contribution in [2.75, 3.05) is 0 Å². The van der Waals surface area contributed by atoms with Crippen molar-refractivity contribution in [1.82, 2.24) is 9.97 Å². The molecule has 0 N–H and O–H groups in total. The molecule has 0 spiro atoms. The molecule has 6 rings (SSSR count). The number of fused-ring (bicyclic) bond motifs is 4. The number of aromatic nitrogens is 2. The maximum absolute atomic E-state index is 4.84. The van der Waals surface area contributed by atoms with Crippen molar-refractivity contribution in [2.45, 2.75) is 19.3 Å². The highest BCUT2D eigenvalue weighted by Gasteiger charge is 2.35. The summed E-state index contributed by atoms with van der Waals surface area (Å²) in [4.78, 5) is 9.17. The van der Waals surface area contributed by atoms with Crippen molar-refractivity contribution in [3.8, 4) is 22.4 Å². The summed E-state index contributed by atoms with van der Waals surface area (Å²) in [6, 6.07) is 24.0. The summed E-state index contributed by atoms with van der Waals surface area (Å²) in [7, 11) is 0. The van der Waals surface area contributed by atoms with E-state index < -0.39 is 0 Å². The van der Waals surface area contributed by atoms with E-state index in [1.807, 2.05) is 18.6 Å². The van der Waals surface area contributed by atoms with Gasteiger partial charge in [-0.05, 0) is 57.3 Å². The van der Waals surface area contributed by atoms with E-state index in [2.05, 4.69) is 85.6 Å². The monoisotopic (exact) mass is 372 g/mol. The lowest BCUT2D eigenvalue weighted by Gasteiger charge is -2.36. The van der Waals surface area contributed by atoms with Gasteiger partial charge in [0.1, 0.15) is 0 Å². The third-order valence-electron chi connectivity index (χ3n) is 6.34. The van der Waals surface area contributed by atoms with Crippen LogP contribution in [0.5, 0.6) is 0 Å². The first-order valence-electron chi connectivity index (χ1n) is 10.0. The molecule has 0 atom stereocenters. The Morgan fingerprint density at radius 3 is 2.48 bits per heavy atom. The average molecular weight is 372 g/mol. The van der Waals surface area contributed by atoms with E-state index >= 15 is 0 Å². The molecular formula is C27H20N2. The van der Waals surface area contributed by atoms with Crippen LogP contribution in [0, 0.1) is 0 Å². The minimum Gasteiger partial charge on any atom is -0.264 e. The van der Waals surface area contributed by atoms with Crippen LogP contribution in [0.15, 0.2) is 85.3 Å². The van der Waals surface area contributed by atoms with Crippen molar-refractivity contribution in [3.05, 3.63) is 96.4 Å². The molecule has 2 heteroatoms. The van der Waals surface area contributed by atoms with Gasteiger partial charge in [0.05, 0.1) is 5.69 Å². The van der Waals surface area contributed by atoms with E-state index in [4.69, 9.17) is 4.98 Å². The highest BCUT2D eigenvalue weighted by Crippen LogP contribution is 2.50. The predicted octanol–water partition coefficient (Wildman–Crippen LogP) is 6.76. The molecule has 0 radical (unpaired) electrons. The van der Waals surface area contributed by atoms with Gasteiger partial charge < -0.3 is 0 Å². The van der Waals surface area contributed by atoms with Gasteiger partial charge in [0.15, 0.2) is 0 Å². The number of hydrogen-bond acceptors (Lipinski definition) is 2. The van der Waals surface area contributed by atoms with E-state index in [9.17, 15) is 0 Å². The van der Waals surface area contributed by atoms with E-state index in [1.165, 1.54) is 49.4 Å². The SMILES string of the molecule is CC1(C)c2c(ccc3cnccc23)-c2nccc3cc(-c4ccccc4)cc1c23. The van der Waals surface area contributed by atoms with E-state index in [0.29, 0.717) is 0 Å². The smallest absolute Gasteiger partial charge is 0.0786 e. The Morgan fingerprint density at radius 2 is 1.62 bits per heavy atom. The maximum Gasteiger partial charge on any atom is 0.0786 e. The molecule has 138 valence electrons. The second kappa shape index (κ2) is 5.74. The number of benzene rings is 3. The van der Waals surface area contributed by atoms with E-state index in [1.54, 1.807) is 0 Å². The number of rotatable bonds is 1. The third-order valence-corrected chi connectivity index (χ3v) is 6.34. The maximum atomic E-state index is 4.84. The highest BCUT2D eigenvalue weighted by molar-refractivity contribution is 6.06. The molecule has 1 aliphatic carbocycles. The second-order valence-electron chi connectivity index (χ2n) is 8.36. The lowest BCUT2D eigenvalue weighted by atomic mass is 9.68. The summed E-state index contributed by atoms with van der Waals surface area (Å²) in [5, 5.41) is 4.96.